The third-order valence-electron chi connectivity index (χ3n) is 6.28. The van der Waals surface area contributed by atoms with Crippen molar-refractivity contribution in [2.75, 3.05) is 39.7 Å². The predicted molar refractivity (Wildman–Crippen MR) is 160 cm³/mol. The summed E-state index contributed by atoms with van der Waals surface area (Å²) in [6, 6.07) is 19.4. The highest BCUT2D eigenvalue weighted by Gasteiger charge is 2.23. The van der Waals surface area contributed by atoms with Gasteiger partial charge in [0, 0.05) is 17.8 Å². The van der Waals surface area contributed by atoms with Crippen LogP contribution in [-0.2, 0) is 0 Å². The second-order valence-electron chi connectivity index (χ2n) is 9.80. The molecule has 5 N–H and O–H groups in total. The van der Waals surface area contributed by atoms with E-state index in [1.807, 2.05) is 70.4 Å². The second-order valence-corrected chi connectivity index (χ2v) is 9.80. The van der Waals surface area contributed by atoms with Gasteiger partial charge in [0.25, 0.3) is 0 Å². The van der Waals surface area contributed by atoms with Crippen molar-refractivity contribution in [3.05, 3.63) is 94.2 Å². The quantitative estimate of drug-likeness (QED) is 0.143. The molecule has 4 aromatic rings. The lowest BCUT2D eigenvalue weighted by Crippen LogP contribution is -2.28. The van der Waals surface area contributed by atoms with Crippen molar-refractivity contribution in [3.8, 4) is 22.9 Å². The zero-order chi connectivity index (χ0) is 29.5. The number of aromatic amines is 1. The number of nitrogens with one attached hydrogen (secondary N) is 3. The van der Waals surface area contributed by atoms with Crippen LogP contribution in [0.15, 0.2) is 71.5 Å². The van der Waals surface area contributed by atoms with Crippen LogP contribution in [0.1, 0.15) is 36.8 Å². The van der Waals surface area contributed by atoms with Crippen LogP contribution < -0.4 is 31.0 Å². The molecule has 0 spiro atoms. The van der Waals surface area contributed by atoms with Crippen molar-refractivity contribution in [1.29, 1.82) is 5.41 Å². The number of hydrogen-bond acceptors (Lipinski definition) is 8. The number of nitrogen functional groups attached to an aromatic ring is 1. The number of nitrogens with zero attached hydrogens (tertiary/aromatic N) is 3. The van der Waals surface area contributed by atoms with E-state index in [0.29, 0.717) is 40.9 Å². The number of amidine groups is 1. The number of methoxy groups -OCH3 is 1. The first-order valence-corrected chi connectivity index (χ1v) is 13.3. The molecule has 11 nitrogen and oxygen atoms in total. The number of benzene rings is 3. The van der Waals surface area contributed by atoms with Crippen LogP contribution >= 0.6 is 0 Å². The Morgan fingerprint density at radius 1 is 1.10 bits per heavy atom. The van der Waals surface area contributed by atoms with Gasteiger partial charge < -0.3 is 30.2 Å². The molecule has 0 fully saturated rings. The molecule has 1 aromatic heterocycles. The summed E-state index contributed by atoms with van der Waals surface area (Å²) in [6.07, 6.45) is -0.0586. The molecule has 0 saturated heterocycles. The third kappa shape index (κ3) is 7.06. The molecule has 0 aliphatic carbocycles. The number of H-pyrrole nitrogens is 1. The Hall–Kier alpha value is -4.77. The Balaban J connectivity index is 1.78. The van der Waals surface area contributed by atoms with E-state index in [2.05, 4.69) is 20.3 Å². The second kappa shape index (κ2) is 13.1. The summed E-state index contributed by atoms with van der Waals surface area (Å²) in [7, 11) is 5.54. The monoisotopic (exact) mass is 559 g/mol. The van der Waals surface area contributed by atoms with Gasteiger partial charge in [-0.05, 0) is 82.0 Å². The molecule has 2 atom stereocenters. The summed E-state index contributed by atoms with van der Waals surface area (Å²) in [5, 5.41) is 15.8. The zero-order valence-electron chi connectivity index (χ0n) is 24.0. The molecule has 0 aliphatic rings. The SMILES string of the molecule is CCOc1cc(C(Nc2ccc(C(=N)N)cc2)c2nn(-c3ccccc3OC)c(=O)[nH]2)ccc1OC(C)CN(C)C. The Kier molecular flexibility index (Phi) is 9.30. The average molecular weight is 560 g/mol. The fraction of sp³-hybridized carbons (Fsp3) is 0.300. The lowest BCUT2D eigenvalue weighted by Gasteiger charge is -2.23. The van der Waals surface area contributed by atoms with Gasteiger partial charge in [-0.25, -0.2) is 4.79 Å². The van der Waals surface area contributed by atoms with E-state index in [0.717, 1.165) is 17.8 Å². The lowest BCUT2D eigenvalue weighted by molar-refractivity contribution is 0.168. The van der Waals surface area contributed by atoms with E-state index in [1.54, 1.807) is 31.4 Å². The summed E-state index contributed by atoms with van der Waals surface area (Å²) in [5.74, 6) is 2.09. The molecule has 3 aromatic carbocycles. The molecule has 0 aliphatic heterocycles. The summed E-state index contributed by atoms with van der Waals surface area (Å²) in [4.78, 5) is 18.1. The number of ether oxygens (including phenoxy) is 3. The van der Waals surface area contributed by atoms with Crippen molar-refractivity contribution in [1.82, 2.24) is 19.7 Å². The van der Waals surface area contributed by atoms with Gasteiger partial charge in [0.15, 0.2) is 17.3 Å². The third-order valence-corrected chi connectivity index (χ3v) is 6.28. The largest absolute Gasteiger partial charge is 0.494 e. The maximum atomic E-state index is 13.1. The van der Waals surface area contributed by atoms with E-state index < -0.39 is 11.7 Å². The van der Waals surface area contributed by atoms with Gasteiger partial charge in [-0.2, -0.15) is 4.68 Å². The number of aromatic nitrogens is 3. The van der Waals surface area contributed by atoms with Crippen LogP contribution in [0.3, 0.4) is 0 Å². The maximum absolute atomic E-state index is 13.1. The Morgan fingerprint density at radius 2 is 1.83 bits per heavy atom. The number of hydrogen-bond donors (Lipinski definition) is 4. The maximum Gasteiger partial charge on any atom is 0.348 e. The smallest absolute Gasteiger partial charge is 0.348 e. The predicted octanol–water partition coefficient (Wildman–Crippen LogP) is 3.78. The van der Waals surface area contributed by atoms with Gasteiger partial charge in [-0.3, -0.25) is 10.4 Å². The van der Waals surface area contributed by atoms with E-state index in [-0.39, 0.29) is 11.9 Å². The number of anilines is 1. The van der Waals surface area contributed by atoms with Gasteiger partial charge in [0.1, 0.15) is 29.4 Å². The summed E-state index contributed by atoms with van der Waals surface area (Å²) in [6.45, 7) is 5.12. The van der Waals surface area contributed by atoms with Gasteiger partial charge in [-0.1, -0.05) is 18.2 Å². The van der Waals surface area contributed by atoms with Gasteiger partial charge in [0.05, 0.1) is 13.7 Å². The number of para-hydroxylation sites is 2. The topological polar surface area (TPSA) is 144 Å². The normalized spacial score (nSPS) is 12.5. The minimum atomic E-state index is -0.575. The van der Waals surface area contributed by atoms with Crippen molar-refractivity contribution in [3.63, 3.8) is 0 Å². The summed E-state index contributed by atoms with van der Waals surface area (Å²) >= 11 is 0. The molecule has 4 rings (SSSR count). The Labute approximate surface area is 239 Å². The van der Waals surface area contributed by atoms with E-state index >= 15 is 0 Å². The highest BCUT2D eigenvalue weighted by molar-refractivity contribution is 5.95. The molecular weight excluding hydrogens is 522 g/mol. The number of likely N-dealkylation sites (N-methyl/N-ethyl adjacent to an activating group) is 1. The number of rotatable bonds is 13. The number of nitrogens with two attached hydrogens (primary N) is 1. The standard InChI is InChI=1S/C30H37N7O4/c1-6-40-26-17-21(13-16-25(26)41-19(2)18-36(3)4)27(33-22-14-11-20(12-15-22)28(31)32)29-34-30(38)37(35-29)23-9-7-8-10-24(23)39-5/h7-17,19,27,33H,6,18H2,1-5H3,(H3,31,32)(H,34,35,38). The van der Waals surface area contributed by atoms with E-state index in [4.69, 9.17) is 25.4 Å². The van der Waals surface area contributed by atoms with E-state index in [1.165, 1.54) is 4.68 Å². The summed E-state index contributed by atoms with van der Waals surface area (Å²) < 4.78 is 18.9. The first kappa shape index (κ1) is 29.2. The van der Waals surface area contributed by atoms with Crippen LogP contribution in [0.5, 0.6) is 17.2 Å². The zero-order valence-corrected chi connectivity index (χ0v) is 24.0. The molecular formula is C30H37N7O4. The van der Waals surface area contributed by atoms with Gasteiger partial charge >= 0.3 is 5.69 Å². The minimum Gasteiger partial charge on any atom is -0.494 e. The van der Waals surface area contributed by atoms with Gasteiger partial charge in [-0.15, -0.1) is 5.10 Å². The van der Waals surface area contributed by atoms with Gasteiger partial charge in [0.2, 0.25) is 0 Å². The van der Waals surface area contributed by atoms with Crippen LogP contribution in [0.2, 0.25) is 0 Å². The van der Waals surface area contributed by atoms with Crippen LogP contribution in [0.25, 0.3) is 5.69 Å². The van der Waals surface area contributed by atoms with Crippen LogP contribution in [-0.4, -0.2) is 66.0 Å². The Morgan fingerprint density at radius 3 is 2.49 bits per heavy atom. The molecule has 41 heavy (non-hydrogen) atoms. The molecule has 0 amide bonds. The molecule has 11 heteroatoms. The first-order valence-electron chi connectivity index (χ1n) is 13.3. The molecule has 1 heterocycles. The van der Waals surface area contributed by atoms with Crippen molar-refractivity contribution >= 4 is 11.5 Å². The van der Waals surface area contributed by atoms with Crippen molar-refractivity contribution < 1.29 is 14.2 Å². The van der Waals surface area contributed by atoms with Crippen LogP contribution in [0.4, 0.5) is 5.69 Å². The Bertz CT molecular complexity index is 1530. The average Bonchev–Trinajstić information content (AvgIpc) is 3.33. The van der Waals surface area contributed by atoms with Crippen molar-refractivity contribution in [2.45, 2.75) is 26.0 Å². The van der Waals surface area contributed by atoms with Crippen LogP contribution in [0, 0.1) is 5.41 Å². The molecule has 0 radical (unpaired) electrons. The highest BCUT2D eigenvalue weighted by atomic mass is 16.5. The minimum absolute atomic E-state index is 0.0200. The molecule has 2 unspecified atom stereocenters. The van der Waals surface area contributed by atoms with E-state index in [9.17, 15) is 4.79 Å². The fourth-order valence-corrected chi connectivity index (χ4v) is 4.50. The molecule has 0 saturated carbocycles. The summed E-state index contributed by atoms with van der Waals surface area (Å²) in [5.41, 5.74) is 7.88. The highest BCUT2D eigenvalue weighted by Crippen LogP contribution is 2.34. The molecule has 0 bridgehead atoms. The lowest BCUT2D eigenvalue weighted by atomic mass is 10.0. The molecule has 216 valence electrons. The van der Waals surface area contributed by atoms with Crippen molar-refractivity contribution in [2.24, 2.45) is 5.73 Å². The fourth-order valence-electron chi connectivity index (χ4n) is 4.50. The first-order chi connectivity index (χ1) is 19.7.